The molecule has 0 atom stereocenters. The van der Waals surface area contributed by atoms with Gasteiger partial charge in [0.05, 0.1) is 21.9 Å². The molecular formula is C24H15Cl2N3O. The first-order valence-electron chi connectivity index (χ1n) is 9.33. The van der Waals surface area contributed by atoms with Crippen molar-refractivity contribution in [2.24, 2.45) is 0 Å². The van der Waals surface area contributed by atoms with Crippen LogP contribution < -0.4 is 5.32 Å². The predicted octanol–water partition coefficient (Wildman–Crippen LogP) is 6.94. The molecule has 0 spiro atoms. The number of fused-ring (bicyclic) bond motifs is 3. The fourth-order valence-corrected chi connectivity index (χ4v) is 3.84. The zero-order valence-electron chi connectivity index (χ0n) is 15.6. The number of aromatic nitrogens is 2. The van der Waals surface area contributed by atoms with Gasteiger partial charge in [0.2, 0.25) is 0 Å². The Balaban J connectivity index is 1.70. The van der Waals surface area contributed by atoms with E-state index in [0.29, 0.717) is 27.1 Å². The molecule has 4 nitrogen and oxygen atoms in total. The molecule has 6 heteroatoms. The van der Waals surface area contributed by atoms with E-state index in [1.165, 1.54) is 0 Å². The van der Waals surface area contributed by atoms with Crippen LogP contribution in [-0.4, -0.2) is 15.9 Å². The number of para-hydroxylation sites is 2. The van der Waals surface area contributed by atoms with E-state index >= 15 is 0 Å². The number of anilines is 1. The normalized spacial score (nSPS) is 11.1. The molecule has 1 amide bonds. The van der Waals surface area contributed by atoms with Gasteiger partial charge in [-0.15, -0.1) is 0 Å². The first-order valence-corrected chi connectivity index (χ1v) is 10.1. The molecule has 146 valence electrons. The third-order valence-electron chi connectivity index (χ3n) is 4.97. The number of halogens is 2. The van der Waals surface area contributed by atoms with Gasteiger partial charge in [-0.3, -0.25) is 4.79 Å². The van der Waals surface area contributed by atoms with Crippen molar-refractivity contribution in [1.82, 2.24) is 9.97 Å². The van der Waals surface area contributed by atoms with Gasteiger partial charge in [0.25, 0.3) is 5.91 Å². The number of hydrogen-bond donors (Lipinski definition) is 2. The molecule has 2 aromatic heterocycles. The Bertz CT molecular complexity index is 1410. The van der Waals surface area contributed by atoms with Crippen molar-refractivity contribution in [3.8, 4) is 11.3 Å². The van der Waals surface area contributed by atoms with E-state index in [4.69, 9.17) is 28.2 Å². The van der Waals surface area contributed by atoms with E-state index in [1.54, 1.807) is 18.2 Å². The summed E-state index contributed by atoms with van der Waals surface area (Å²) in [6, 6.07) is 24.3. The molecule has 2 N–H and O–H groups in total. The second-order valence-corrected chi connectivity index (χ2v) is 7.73. The fraction of sp³-hybridized carbons (Fsp3) is 0. The fourth-order valence-electron chi connectivity index (χ4n) is 3.53. The number of rotatable bonds is 3. The molecule has 0 bridgehead atoms. The monoisotopic (exact) mass is 431 g/mol. The molecular weight excluding hydrogens is 417 g/mol. The lowest BCUT2D eigenvalue weighted by molar-refractivity contribution is 0.102. The lowest BCUT2D eigenvalue weighted by Crippen LogP contribution is -2.14. The Labute approximate surface area is 182 Å². The molecule has 5 rings (SSSR count). The van der Waals surface area contributed by atoms with Crippen molar-refractivity contribution in [2.75, 3.05) is 5.32 Å². The molecule has 0 unspecified atom stereocenters. The van der Waals surface area contributed by atoms with E-state index in [1.807, 2.05) is 60.7 Å². The molecule has 0 saturated heterocycles. The molecule has 0 aliphatic carbocycles. The predicted molar refractivity (Wildman–Crippen MR) is 123 cm³/mol. The van der Waals surface area contributed by atoms with E-state index in [-0.39, 0.29) is 5.91 Å². The number of aromatic amines is 1. The molecule has 3 aromatic carbocycles. The zero-order valence-corrected chi connectivity index (χ0v) is 17.1. The number of carbonyl (C=O) groups is 1. The van der Waals surface area contributed by atoms with Crippen molar-refractivity contribution in [1.29, 1.82) is 0 Å². The quantitative estimate of drug-likeness (QED) is 0.324. The highest BCUT2D eigenvalue weighted by atomic mass is 35.5. The summed E-state index contributed by atoms with van der Waals surface area (Å²) in [5, 5.41) is 5.91. The van der Waals surface area contributed by atoms with Crippen molar-refractivity contribution in [3.63, 3.8) is 0 Å². The standard InChI is InChI=1S/C24H15Cl2N3O/c25-15-11-9-14(10-12-15)22-23-17(16-5-1-3-7-19(16)27-23)13-21(28-22)24(30)29-20-8-4-2-6-18(20)26/h1-13,27H,(H,29,30). The minimum Gasteiger partial charge on any atom is -0.353 e. The highest BCUT2D eigenvalue weighted by Crippen LogP contribution is 2.33. The maximum absolute atomic E-state index is 13.0. The molecule has 0 aliphatic heterocycles. The largest absolute Gasteiger partial charge is 0.353 e. The average Bonchev–Trinajstić information content (AvgIpc) is 3.14. The number of carbonyl (C=O) groups excluding carboxylic acids is 1. The van der Waals surface area contributed by atoms with E-state index in [0.717, 1.165) is 27.4 Å². The third kappa shape index (κ3) is 3.30. The Morgan fingerprint density at radius 1 is 0.867 bits per heavy atom. The van der Waals surface area contributed by atoms with Crippen LogP contribution in [0.4, 0.5) is 5.69 Å². The van der Waals surface area contributed by atoms with Gasteiger partial charge in [-0.05, 0) is 36.4 Å². The molecule has 0 radical (unpaired) electrons. The maximum atomic E-state index is 13.0. The van der Waals surface area contributed by atoms with Crippen LogP contribution in [0.5, 0.6) is 0 Å². The number of nitrogens with zero attached hydrogens (tertiary/aromatic N) is 1. The Hall–Kier alpha value is -3.34. The SMILES string of the molecule is O=C(Nc1ccccc1Cl)c1cc2c([nH]c3ccccc32)c(-c2ccc(Cl)cc2)n1. The minimum absolute atomic E-state index is 0.303. The number of hydrogen-bond acceptors (Lipinski definition) is 2. The van der Waals surface area contributed by atoms with E-state index in [9.17, 15) is 4.79 Å². The van der Waals surface area contributed by atoms with Gasteiger partial charge in [0, 0.05) is 26.9 Å². The minimum atomic E-state index is -0.328. The second kappa shape index (κ2) is 7.48. The van der Waals surface area contributed by atoms with Gasteiger partial charge in [-0.1, -0.05) is 65.7 Å². The van der Waals surface area contributed by atoms with Gasteiger partial charge in [-0.25, -0.2) is 4.98 Å². The number of H-pyrrole nitrogens is 1. The zero-order chi connectivity index (χ0) is 20.7. The van der Waals surface area contributed by atoms with Crippen LogP contribution in [0, 0.1) is 0 Å². The third-order valence-corrected chi connectivity index (χ3v) is 5.55. The summed E-state index contributed by atoms with van der Waals surface area (Å²) in [4.78, 5) is 21.2. The van der Waals surface area contributed by atoms with Gasteiger partial charge in [-0.2, -0.15) is 0 Å². The molecule has 0 saturated carbocycles. The number of benzene rings is 3. The van der Waals surface area contributed by atoms with Crippen LogP contribution in [0.15, 0.2) is 78.9 Å². The van der Waals surface area contributed by atoms with Crippen LogP contribution >= 0.6 is 23.2 Å². The van der Waals surface area contributed by atoms with Crippen molar-refractivity contribution < 1.29 is 4.79 Å². The number of amides is 1. The summed E-state index contributed by atoms with van der Waals surface area (Å²) in [5.74, 6) is -0.328. The van der Waals surface area contributed by atoms with Crippen molar-refractivity contribution in [2.45, 2.75) is 0 Å². The van der Waals surface area contributed by atoms with Crippen LogP contribution in [0.3, 0.4) is 0 Å². The number of nitrogens with one attached hydrogen (secondary N) is 2. The molecule has 0 fully saturated rings. The molecule has 0 aliphatic rings. The summed E-state index contributed by atoms with van der Waals surface area (Å²) in [6.45, 7) is 0. The van der Waals surface area contributed by atoms with Gasteiger partial charge in [0.1, 0.15) is 5.69 Å². The van der Waals surface area contributed by atoms with Crippen molar-refractivity contribution in [3.05, 3.63) is 94.6 Å². The average molecular weight is 432 g/mol. The van der Waals surface area contributed by atoms with Crippen LogP contribution in [0.2, 0.25) is 10.0 Å². The summed E-state index contributed by atoms with van der Waals surface area (Å²) >= 11 is 12.3. The maximum Gasteiger partial charge on any atom is 0.274 e. The Kier molecular flexibility index (Phi) is 4.66. The lowest BCUT2D eigenvalue weighted by atomic mass is 10.1. The Morgan fingerprint density at radius 3 is 2.40 bits per heavy atom. The van der Waals surface area contributed by atoms with Crippen LogP contribution in [0.1, 0.15) is 10.5 Å². The van der Waals surface area contributed by atoms with Crippen LogP contribution in [0.25, 0.3) is 33.1 Å². The topological polar surface area (TPSA) is 57.8 Å². The summed E-state index contributed by atoms with van der Waals surface area (Å²) in [7, 11) is 0. The van der Waals surface area contributed by atoms with Crippen LogP contribution in [-0.2, 0) is 0 Å². The first kappa shape index (κ1) is 18.7. The Morgan fingerprint density at radius 2 is 1.60 bits per heavy atom. The first-order chi connectivity index (χ1) is 14.6. The smallest absolute Gasteiger partial charge is 0.274 e. The van der Waals surface area contributed by atoms with Gasteiger partial charge in [0.15, 0.2) is 0 Å². The highest BCUT2D eigenvalue weighted by molar-refractivity contribution is 6.34. The van der Waals surface area contributed by atoms with E-state index in [2.05, 4.69) is 10.3 Å². The van der Waals surface area contributed by atoms with E-state index < -0.39 is 0 Å². The summed E-state index contributed by atoms with van der Waals surface area (Å²) in [6.07, 6.45) is 0. The second-order valence-electron chi connectivity index (χ2n) is 6.89. The van der Waals surface area contributed by atoms with Crippen molar-refractivity contribution >= 4 is 56.6 Å². The number of pyridine rings is 1. The molecule has 30 heavy (non-hydrogen) atoms. The molecule has 5 aromatic rings. The van der Waals surface area contributed by atoms with Gasteiger partial charge < -0.3 is 10.3 Å². The summed E-state index contributed by atoms with van der Waals surface area (Å²) in [5.41, 5.74) is 4.24. The lowest BCUT2D eigenvalue weighted by Gasteiger charge is -2.09. The van der Waals surface area contributed by atoms with Gasteiger partial charge >= 0.3 is 0 Å². The molecule has 2 heterocycles. The summed E-state index contributed by atoms with van der Waals surface area (Å²) < 4.78 is 0. The highest BCUT2D eigenvalue weighted by Gasteiger charge is 2.17.